The molecule has 1 fully saturated rings. The highest BCUT2D eigenvalue weighted by Gasteiger charge is 2.43. The van der Waals surface area contributed by atoms with Crippen molar-refractivity contribution in [3.05, 3.63) is 71.3 Å². The van der Waals surface area contributed by atoms with Crippen molar-refractivity contribution in [2.24, 2.45) is 11.0 Å². The number of aryl methyl sites for hydroxylation is 1. The molecule has 1 aliphatic carbocycles. The average Bonchev–Trinajstić information content (AvgIpc) is 3.34. The van der Waals surface area contributed by atoms with Crippen LogP contribution < -0.4 is 5.43 Å². The van der Waals surface area contributed by atoms with Crippen LogP contribution in [-0.2, 0) is 4.79 Å². The van der Waals surface area contributed by atoms with Crippen molar-refractivity contribution in [3.63, 3.8) is 0 Å². The summed E-state index contributed by atoms with van der Waals surface area (Å²) >= 11 is 0. The molecule has 3 heteroatoms. The van der Waals surface area contributed by atoms with Crippen LogP contribution in [0.25, 0.3) is 0 Å². The molecule has 0 heterocycles. The Morgan fingerprint density at radius 3 is 2.45 bits per heavy atom. The molecule has 3 rings (SSSR count). The predicted octanol–water partition coefficient (Wildman–Crippen LogP) is 3.64. The van der Waals surface area contributed by atoms with Crippen LogP contribution in [0.1, 0.15) is 36.0 Å². The number of hydrogen-bond acceptors (Lipinski definition) is 2. The van der Waals surface area contributed by atoms with Gasteiger partial charge in [-0.1, -0.05) is 60.2 Å². The van der Waals surface area contributed by atoms with Gasteiger partial charge in [-0.2, -0.15) is 5.10 Å². The minimum absolute atomic E-state index is 0.0142. The van der Waals surface area contributed by atoms with E-state index in [1.54, 1.807) is 0 Å². The summed E-state index contributed by atoms with van der Waals surface area (Å²) < 4.78 is 0. The number of carbonyl (C=O) groups excluding carboxylic acids is 1. The van der Waals surface area contributed by atoms with E-state index in [0.29, 0.717) is 5.92 Å². The van der Waals surface area contributed by atoms with Gasteiger partial charge in [0.25, 0.3) is 0 Å². The summed E-state index contributed by atoms with van der Waals surface area (Å²) in [6.07, 6.45) is 0.912. The van der Waals surface area contributed by atoms with E-state index in [1.807, 2.05) is 49.4 Å². The fraction of sp³-hybridized carbons (Fsp3) is 0.263. The molecule has 3 nitrogen and oxygen atoms in total. The number of hydrazone groups is 1. The molecule has 1 aliphatic rings. The minimum Gasteiger partial charge on any atom is -0.273 e. The van der Waals surface area contributed by atoms with Gasteiger partial charge in [-0.05, 0) is 37.3 Å². The largest absolute Gasteiger partial charge is 0.273 e. The number of amides is 1. The topological polar surface area (TPSA) is 41.5 Å². The normalized spacial score (nSPS) is 20.5. The summed E-state index contributed by atoms with van der Waals surface area (Å²) in [7, 11) is 0. The zero-order chi connectivity index (χ0) is 15.5. The molecular formula is C19H20N2O. The minimum atomic E-state index is 0.0142. The first-order valence-electron chi connectivity index (χ1n) is 7.61. The molecule has 0 spiro atoms. The first kappa shape index (κ1) is 14.5. The smallest absolute Gasteiger partial charge is 0.243 e. The van der Waals surface area contributed by atoms with Crippen LogP contribution in [0.2, 0.25) is 0 Å². The van der Waals surface area contributed by atoms with Crippen LogP contribution in [-0.4, -0.2) is 11.6 Å². The number of hydrogen-bond donors (Lipinski definition) is 1. The Morgan fingerprint density at radius 2 is 1.77 bits per heavy atom. The van der Waals surface area contributed by atoms with Gasteiger partial charge in [0.1, 0.15) is 0 Å². The highest BCUT2D eigenvalue weighted by Crippen LogP contribution is 2.47. The summed E-state index contributed by atoms with van der Waals surface area (Å²) in [5, 5.41) is 4.23. The van der Waals surface area contributed by atoms with E-state index in [2.05, 4.69) is 29.6 Å². The summed E-state index contributed by atoms with van der Waals surface area (Å²) in [5.41, 5.74) is 7.01. The van der Waals surface area contributed by atoms with Crippen molar-refractivity contribution >= 4 is 11.6 Å². The highest BCUT2D eigenvalue weighted by molar-refractivity contribution is 5.99. The molecule has 0 aromatic heterocycles. The van der Waals surface area contributed by atoms with Gasteiger partial charge in [-0.15, -0.1) is 0 Å². The molecule has 1 N–H and O–H groups in total. The molecule has 0 unspecified atom stereocenters. The first-order chi connectivity index (χ1) is 10.6. The predicted molar refractivity (Wildman–Crippen MR) is 88.8 cm³/mol. The second-order valence-electron chi connectivity index (χ2n) is 5.90. The Bertz CT molecular complexity index is 689. The standard InChI is InChI=1S/C19H20N2O/c1-13-8-10-15(11-9-13)14(2)20-21-19(22)18-12-17(18)16-6-4-3-5-7-16/h3-11,17-18H,12H2,1-2H3,(H,21,22)/b20-14+/t17-,18+/m0/s1. The third-order valence-electron chi connectivity index (χ3n) is 4.16. The van der Waals surface area contributed by atoms with Gasteiger partial charge in [-0.3, -0.25) is 4.79 Å². The molecule has 2 aromatic rings. The quantitative estimate of drug-likeness (QED) is 0.678. The van der Waals surface area contributed by atoms with E-state index in [4.69, 9.17) is 0 Å². The van der Waals surface area contributed by atoms with Gasteiger partial charge in [0.15, 0.2) is 0 Å². The van der Waals surface area contributed by atoms with Crippen molar-refractivity contribution in [2.45, 2.75) is 26.2 Å². The average molecular weight is 292 g/mol. The molecular weight excluding hydrogens is 272 g/mol. The van der Waals surface area contributed by atoms with E-state index >= 15 is 0 Å². The third-order valence-corrected chi connectivity index (χ3v) is 4.16. The van der Waals surface area contributed by atoms with E-state index in [-0.39, 0.29) is 11.8 Å². The third kappa shape index (κ3) is 3.25. The van der Waals surface area contributed by atoms with Crippen LogP contribution in [0.3, 0.4) is 0 Å². The van der Waals surface area contributed by atoms with Crippen molar-refractivity contribution in [1.29, 1.82) is 0 Å². The van der Waals surface area contributed by atoms with Crippen LogP contribution in [0.15, 0.2) is 59.7 Å². The lowest BCUT2D eigenvalue weighted by molar-refractivity contribution is -0.122. The Kier molecular flexibility index (Phi) is 4.05. The van der Waals surface area contributed by atoms with E-state index in [1.165, 1.54) is 11.1 Å². The molecule has 0 bridgehead atoms. The molecule has 1 saturated carbocycles. The lowest BCUT2D eigenvalue weighted by Crippen LogP contribution is -2.21. The molecule has 22 heavy (non-hydrogen) atoms. The first-order valence-corrected chi connectivity index (χ1v) is 7.61. The summed E-state index contributed by atoms with van der Waals surface area (Å²) in [6, 6.07) is 18.3. The Hall–Kier alpha value is -2.42. The monoisotopic (exact) mass is 292 g/mol. The molecule has 112 valence electrons. The van der Waals surface area contributed by atoms with Gasteiger partial charge in [0, 0.05) is 5.92 Å². The molecule has 0 aliphatic heterocycles. The van der Waals surface area contributed by atoms with E-state index < -0.39 is 0 Å². The number of benzene rings is 2. The van der Waals surface area contributed by atoms with Crippen molar-refractivity contribution in [1.82, 2.24) is 5.43 Å². The van der Waals surface area contributed by atoms with Gasteiger partial charge >= 0.3 is 0 Å². The fourth-order valence-electron chi connectivity index (χ4n) is 2.63. The van der Waals surface area contributed by atoms with Gasteiger partial charge < -0.3 is 0 Å². The summed E-state index contributed by atoms with van der Waals surface area (Å²) in [4.78, 5) is 12.2. The number of carbonyl (C=O) groups is 1. The molecule has 0 saturated heterocycles. The maximum Gasteiger partial charge on any atom is 0.243 e. The molecule has 2 atom stereocenters. The van der Waals surface area contributed by atoms with Gasteiger partial charge in [-0.25, -0.2) is 5.43 Å². The highest BCUT2D eigenvalue weighted by atomic mass is 16.2. The van der Waals surface area contributed by atoms with E-state index in [9.17, 15) is 4.79 Å². The molecule has 1 amide bonds. The van der Waals surface area contributed by atoms with Crippen molar-refractivity contribution < 1.29 is 4.79 Å². The SMILES string of the molecule is C/C(=N\NC(=O)[C@@H]1C[C@H]1c1ccccc1)c1ccc(C)cc1. The van der Waals surface area contributed by atoms with Crippen molar-refractivity contribution in [3.8, 4) is 0 Å². The lowest BCUT2D eigenvalue weighted by Gasteiger charge is -2.03. The van der Waals surface area contributed by atoms with Gasteiger partial charge in [0.05, 0.1) is 5.71 Å². The zero-order valence-electron chi connectivity index (χ0n) is 12.9. The molecule has 2 aromatic carbocycles. The van der Waals surface area contributed by atoms with Gasteiger partial charge in [0.2, 0.25) is 5.91 Å². The fourth-order valence-corrected chi connectivity index (χ4v) is 2.63. The number of nitrogens with zero attached hydrogens (tertiary/aromatic N) is 1. The Morgan fingerprint density at radius 1 is 1.09 bits per heavy atom. The maximum atomic E-state index is 12.2. The Labute approximate surface area is 131 Å². The van der Waals surface area contributed by atoms with Crippen LogP contribution in [0, 0.1) is 12.8 Å². The van der Waals surface area contributed by atoms with Crippen LogP contribution in [0.5, 0.6) is 0 Å². The van der Waals surface area contributed by atoms with Crippen molar-refractivity contribution in [2.75, 3.05) is 0 Å². The van der Waals surface area contributed by atoms with E-state index in [0.717, 1.165) is 17.7 Å². The second kappa shape index (κ2) is 6.14. The summed E-state index contributed by atoms with van der Waals surface area (Å²) in [5.74, 6) is 0.411. The Balaban J connectivity index is 1.59. The lowest BCUT2D eigenvalue weighted by atomic mass is 10.1. The van der Waals surface area contributed by atoms with Crippen LogP contribution in [0.4, 0.5) is 0 Å². The maximum absolute atomic E-state index is 12.2. The second-order valence-corrected chi connectivity index (χ2v) is 5.90. The number of nitrogens with one attached hydrogen (secondary N) is 1. The summed E-state index contributed by atoms with van der Waals surface area (Å²) in [6.45, 7) is 3.96. The van der Waals surface area contributed by atoms with Crippen LogP contribution >= 0.6 is 0 Å². The number of rotatable bonds is 4. The molecule has 0 radical (unpaired) electrons. The zero-order valence-corrected chi connectivity index (χ0v) is 12.9.